The third kappa shape index (κ3) is 41.4. The van der Waals surface area contributed by atoms with Gasteiger partial charge in [0, 0.05) is 79.9 Å². The van der Waals surface area contributed by atoms with Crippen molar-refractivity contribution in [2.45, 2.75) is 136 Å². The van der Waals surface area contributed by atoms with Gasteiger partial charge in [0.1, 0.15) is 61.0 Å². The zero-order valence-electron chi connectivity index (χ0n) is 75.6. The number of nitrogens with two attached hydrogens (primary N) is 1. The van der Waals surface area contributed by atoms with Gasteiger partial charge in [-0.25, -0.2) is 43.7 Å². The number of hydrogen-bond acceptors (Lipinski definition) is 32. The summed E-state index contributed by atoms with van der Waals surface area (Å²) in [6.07, 6.45) is 2.01. The summed E-state index contributed by atoms with van der Waals surface area (Å²) in [6, 6.07) is 39.8. The Bertz CT molecular complexity index is 5110. The molecule has 0 saturated carbocycles. The number of aliphatic carboxylic acids is 2. The van der Waals surface area contributed by atoms with Crippen LogP contribution in [0.3, 0.4) is 0 Å². The summed E-state index contributed by atoms with van der Waals surface area (Å²) < 4.78 is 48.7. The van der Waals surface area contributed by atoms with Crippen molar-refractivity contribution in [3.05, 3.63) is 150 Å². The number of aliphatic imine (C=N–C) groups is 3. The molecule has 5 N–H and O–H groups in total. The Morgan fingerprint density at radius 2 is 0.844 bits per heavy atom. The van der Waals surface area contributed by atoms with E-state index in [2.05, 4.69) is 58.8 Å². The van der Waals surface area contributed by atoms with Crippen molar-refractivity contribution in [3.63, 3.8) is 0 Å². The third-order valence-electron chi connectivity index (χ3n) is 17.0. The first-order chi connectivity index (χ1) is 58.9. The van der Waals surface area contributed by atoms with E-state index in [0.29, 0.717) is 98.9 Å². The van der Waals surface area contributed by atoms with Gasteiger partial charge in [0.15, 0.2) is 18.1 Å². The molecule has 4 atom stereocenters. The zero-order valence-corrected chi connectivity index (χ0v) is 85.0. The molecule has 3 amide bonds. The Labute approximate surface area is 858 Å². The second kappa shape index (κ2) is 58.9. The quantitative estimate of drug-likeness (QED) is 0.00449. The smallest absolute Gasteiger partial charge is 1.00 e. The molecule has 0 unspecified atom stereocenters. The van der Waals surface area contributed by atoms with Crippen LogP contribution in [0.5, 0.6) is 23.0 Å². The number of nitrogens with zero attached hydrogens (tertiary/aromatic N) is 10. The van der Waals surface area contributed by atoms with Crippen LogP contribution in [0.4, 0.5) is 14.4 Å². The molecule has 0 fully saturated rings. The van der Waals surface area contributed by atoms with Crippen molar-refractivity contribution < 1.29 is 206 Å². The normalized spacial score (nSPS) is 14.2. The van der Waals surface area contributed by atoms with Crippen LogP contribution in [-0.4, -0.2) is 263 Å². The Balaban J connectivity index is 0.000000819. The van der Waals surface area contributed by atoms with Crippen LogP contribution < -0.4 is 138 Å². The molecule has 40 heteroatoms. The first kappa shape index (κ1) is 116. The molecule has 5 aromatic carbocycles. The minimum Gasteiger partial charge on any atom is -1.00 e. The summed E-state index contributed by atoms with van der Waals surface area (Å²) in [5.41, 5.74) is 8.78. The van der Waals surface area contributed by atoms with Crippen molar-refractivity contribution in [3.8, 4) is 29.1 Å². The Hall–Kier alpha value is -7.71. The number of benzene rings is 5. The molecule has 0 saturated heterocycles. The average Bonchev–Trinajstić information content (AvgIpc) is 1.80. The van der Waals surface area contributed by atoms with E-state index in [1.807, 2.05) is 191 Å². The van der Waals surface area contributed by atoms with Crippen LogP contribution in [0, 0.1) is 11.3 Å². The van der Waals surface area contributed by atoms with E-state index < -0.39 is 52.9 Å². The number of ether oxygens (including phenoxy) is 9. The van der Waals surface area contributed by atoms with E-state index in [0.717, 1.165) is 101 Å². The number of hydrogen-bond donors (Lipinski definition) is 5. The maximum absolute atomic E-state index is 12.0. The first-order valence-electron chi connectivity index (χ1n) is 39.3. The Morgan fingerprint density at radius 3 is 1.13 bits per heavy atom. The summed E-state index contributed by atoms with van der Waals surface area (Å²) in [7, 11) is 9.82. The molecule has 6 heterocycles. The predicted molar refractivity (Wildman–Crippen MR) is 497 cm³/mol. The van der Waals surface area contributed by atoms with Gasteiger partial charge in [-0.15, -0.1) is 47.7 Å². The molecule has 3 aliphatic heterocycles. The van der Waals surface area contributed by atoms with Crippen LogP contribution >= 0.6 is 60.3 Å². The molecular weight excluding hydrogens is 1800 g/mol. The molecule has 128 heavy (non-hydrogen) atoms. The van der Waals surface area contributed by atoms with E-state index in [1.165, 1.54) is 49.5 Å². The number of carbonyl (C=O) groups is 8. The molecule has 8 aromatic rings. The monoisotopic (exact) mass is 1920 g/mol. The molecule has 3 aromatic heterocycles. The number of nitriles is 1. The fraction of sp³-hybridized carbons (Fsp3) is 0.443. The molecule has 0 aliphatic carbocycles. The summed E-state index contributed by atoms with van der Waals surface area (Å²) >= 11 is 8.09. The molecule has 3 aliphatic rings. The average molecular weight is 1920 g/mol. The fourth-order valence-electron chi connectivity index (χ4n) is 10.8. The van der Waals surface area contributed by atoms with E-state index >= 15 is 0 Å². The van der Waals surface area contributed by atoms with E-state index in [4.69, 9.17) is 73.9 Å². The van der Waals surface area contributed by atoms with Crippen molar-refractivity contribution in [1.29, 1.82) is 5.26 Å². The first-order valence-corrected chi connectivity index (χ1v) is 42.9. The Kier molecular flexibility index (Phi) is 53.6. The second-order valence-electron chi connectivity index (χ2n) is 30.6. The maximum atomic E-state index is 12.0. The number of rotatable bonds is 29. The number of thioether (sulfide) groups is 3. The molecule has 0 radical (unpaired) electrons. The van der Waals surface area contributed by atoms with Gasteiger partial charge in [0.25, 0.3) is 6.47 Å². The third-order valence-corrected chi connectivity index (χ3v) is 20.6. The molecule has 0 bridgehead atoms. The van der Waals surface area contributed by atoms with Gasteiger partial charge in [0.2, 0.25) is 0 Å². The van der Waals surface area contributed by atoms with Gasteiger partial charge in [0.05, 0.1) is 85.9 Å². The number of nitrogens with one attached hydrogen (secondary N) is 1. The molecule has 686 valence electrons. The summed E-state index contributed by atoms with van der Waals surface area (Å²) in [5, 5.41) is 44.7. The number of carboxylic acids is 2. The van der Waals surface area contributed by atoms with Crippen LogP contribution in [0.25, 0.3) is 43.5 Å². The minimum atomic E-state index is -1.00. The van der Waals surface area contributed by atoms with Crippen molar-refractivity contribution in [1.82, 2.24) is 35.0 Å². The number of pyridine rings is 3. The van der Waals surface area contributed by atoms with Gasteiger partial charge in [-0.3, -0.25) is 24.6 Å². The SMILES string of the molecule is C.CN(CCCOc1ccc2cc(C#N)ccc2c1)C(=O)OC(C)(C)C.CN(CCCOc1ccc2nc(C3=N[C@@H](C(=O)O)CS3)ccc2c1)C(=O)OC(C)(C)C.CNCCCOc1ccc2nc(C3=N[C@@H](C(=O)OC)CS3)ccc2c1.COC(=O)[C@H]1CSC(c2ccc3cc(OCCCN(C)C(=O)OC(C)(C)C)ccc3n2)=N1.Cl.N[C@H](CS)C(=O)O.O=CO[O-].[H-].[K+].[K+]. The van der Waals surface area contributed by atoms with E-state index in [1.54, 1.807) is 41.9 Å². The number of fused-ring (bicyclic) bond motifs is 4. The van der Waals surface area contributed by atoms with Gasteiger partial charge in [-0.1, -0.05) is 37.8 Å². The number of amides is 3. The van der Waals surface area contributed by atoms with Crippen LogP contribution in [0.2, 0.25) is 0 Å². The van der Waals surface area contributed by atoms with E-state index in [9.17, 15) is 33.6 Å². The number of carboxylic acid groups (broad SMARTS) is 2. The number of halogens is 1. The minimum absolute atomic E-state index is 0. The maximum Gasteiger partial charge on any atom is 1.00 e. The summed E-state index contributed by atoms with van der Waals surface area (Å²) in [5.74, 6) is 2.32. The molecule has 0 spiro atoms. The topological polar surface area (TPSA) is 440 Å². The number of thiol groups is 1. The fourth-order valence-corrected chi connectivity index (χ4v) is 13.9. The largest absolute Gasteiger partial charge is 1.00 e. The van der Waals surface area contributed by atoms with E-state index in [-0.39, 0.29) is 166 Å². The van der Waals surface area contributed by atoms with Crippen molar-refractivity contribution in [2.75, 3.05) is 118 Å². The predicted octanol–water partition coefficient (Wildman–Crippen LogP) is 7.27. The van der Waals surface area contributed by atoms with Gasteiger partial charge >= 0.3 is 145 Å². The number of aromatic nitrogens is 3. The standard InChI is InChI=1S/C23H29N3O5S.C22H27N3O5S.C20H24N2O3.C18H21N3O3S.C3H7NO2S.CH2O3.CH4.ClH.2K.H/c1-23(2,3)31-22(28)26(4)11-6-12-30-16-8-10-17-15(13-16)7-9-18(24-17)20-25-19(14-32-20)21(27)29-5;1-22(2,3)30-21(28)25(4)10-5-11-29-15-7-9-16-14(12-15)6-8-17(23-16)19-24-18(13-31-19)20(26)27;1-20(2,3)25-19(23)22(4)10-5-11-24-18-9-8-16-12-15(14-21)6-7-17(16)13-18;1-19-8-3-9-24-13-5-7-14-12(10-13)4-6-15(20-14)17-21-16(11-25-17)18(22)23-2;4-2(1-7)3(5)6;2-1-4-3;;;;;/h7-10,13,19H,6,11-12,14H2,1-5H3;6-9,12,18H,5,10-11,13H2,1-4H3,(H,26,27);6-9,12-13H,5,10-11H2,1-4H3;4-7,10,16,19H,3,8-9,11H2,1-2H3;2,7H,1,4H2,(H,5,6);1,3H;1H4;1H;;;/q;;;;;;;;2*+1;-1/p-1/t19-;18-;;16-;2-;;;;;;/m11.11....../s1. The summed E-state index contributed by atoms with van der Waals surface area (Å²) in [4.78, 5) is 123. The molecular formula is C88H115ClK2N12O21S4. The number of esters is 2. The second-order valence-corrected chi connectivity index (χ2v) is 34.0. The Morgan fingerprint density at radius 1 is 0.539 bits per heavy atom. The number of methoxy groups -OCH3 is 2. The van der Waals surface area contributed by atoms with Crippen molar-refractivity contribution in [2.24, 2.45) is 20.7 Å². The zero-order chi connectivity index (χ0) is 91.3. The molecule has 11 rings (SSSR count). The van der Waals surface area contributed by atoms with Crippen LogP contribution in [0.15, 0.2) is 142 Å². The van der Waals surface area contributed by atoms with Crippen LogP contribution in [-0.2, 0) is 52.5 Å². The number of carbonyl (C=O) groups excluding carboxylic acids is 6. The summed E-state index contributed by atoms with van der Waals surface area (Å²) in [6.45, 7) is 21.1. The van der Waals surface area contributed by atoms with Gasteiger partial charge < -0.3 is 90.2 Å². The van der Waals surface area contributed by atoms with Crippen molar-refractivity contribution >= 4 is 168 Å². The van der Waals surface area contributed by atoms with Crippen LogP contribution in [0.1, 0.15) is 119 Å². The van der Waals surface area contributed by atoms with Gasteiger partial charge in [-0.05, 0) is 209 Å². The molecule has 33 nitrogen and oxygen atoms in total. The van der Waals surface area contributed by atoms with Gasteiger partial charge in [-0.2, -0.15) is 17.9 Å².